The third-order valence-corrected chi connectivity index (χ3v) is 5.34. The van der Waals surface area contributed by atoms with E-state index in [1.54, 1.807) is 12.1 Å². The second kappa shape index (κ2) is 6.34. The van der Waals surface area contributed by atoms with Gasteiger partial charge in [-0.2, -0.15) is 19.3 Å². The summed E-state index contributed by atoms with van der Waals surface area (Å²) in [4.78, 5) is 32.1. The molecule has 3 aromatic rings. The molecule has 144 valence electrons. The highest BCUT2D eigenvalue weighted by molar-refractivity contribution is 6.00. The standard InChI is InChI=1S/C19H14FN7O2/c20-16-8-23-17-12(10-3-11(10)14-2-1-9(5-21)6-22-14)4-15(26-27(16)17)13-7-24-19(29)25-18(13)28/h1-2,4,6,8,10-11,13H,3,7H2,(H2,24,25,28,29)/t10-,11-,13?/m0/s1. The summed E-state index contributed by atoms with van der Waals surface area (Å²) in [7, 11) is 0. The van der Waals surface area contributed by atoms with Gasteiger partial charge in [-0.1, -0.05) is 0 Å². The van der Waals surface area contributed by atoms with Gasteiger partial charge in [0.15, 0.2) is 5.65 Å². The Hall–Kier alpha value is -3.87. The largest absolute Gasteiger partial charge is 0.337 e. The number of aromatic nitrogens is 4. The number of nitriles is 1. The normalized spacial score (nSPS) is 23.4. The van der Waals surface area contributed by atoms with E-state index in [-0.39, 0.29) is 18.4 Å². The minimum absolute atomic E-state index is 0.0442. The Balaban J connectivity index is 1.53. The molecule has 2 aliphatic rings. The minimum atomic E-state index is -0.720. The topological polar surface area (TPSA) is 125 Å². The first-order valence-electron chi connectivity index (χ1n) is 9.04. The minimum Gasteiger partial charge on any atom is -0.337 e. The number of carbonyl (C=O) groups is 2. The van der Waals surface area contributed by atoms with Crippen molar-refractivity contribution in [3.8, 4) is 6.07 Å². The van der Waals surface area contributed by atoms with Gasteiger partial charge in [0.25, 0.3) is 0 Å². The van der Waals surface area contributed by atoms with Crippen molar-refractivity contribution in [1.82, 2.24) is 30.2 Å². The van der Waals surface area contributed by atoms with E-state index in [2.05, 4.69) is 25.7 Å². The summed E-state index contributed by atoms with van der Waals surface area (Å²) in [6.45, 7) is 0.0875. The summed E-state index contributed by atoms with van der Waals surface area (Å²) in [6, 6.07) is 6.78. The van der Waals surface area contributed by atoms with Gasteiger partial charge in [0, 0.05) is 29.9 Å². The Morgan fingerprint density at radius 2 is 2.03 bits per heavy atom. The van der Waals surface area contributed by atoms with Crippen LogP contribution in [0, 0.1) is 17.3 Å². The lowest BCUT2D eigenvalue weighted by Crippen LogP contribution is -2.51. The van der Waals surface area contributed by atoms with Crippen molar-refractivity contribution >= 4 is 17.6 Å². The lowest BCUT2D eigenvalue weighted by Gasteiger charge is -2.22. The molecule has 2 fully saturated rings. The van der Waals surface area contributed by atoms with Crippen LogP contribution in [0.25, 0.3) is 5.65 Å². The number of hydrogen-bond donors (Lipinski definition) is 2. The number of carbonyl (C=O) groups excluding carboxylic acids is 2. The Morgan fingerprint density at radius 1 is 1.17 bits per heavy atom. The van der Waals surface area contributed by atoms with Crippen LogP contribution in [-0.4, -0.2) is 38.1 Å². The molecular formula is C19H14FN7O2. The molecule has 3 aromatic heterocycles. The summed E-state index contributed by atoms with van der Waals surface area (Å²) in [5.74, 6) is -1.67. The molecule has 4 heterocycles. The summed E-state index contributed by atoms with van der Waals surface area (Å²) < 4.78 is 15.3. The van der Waals surface area contributed by atoms with Crippen LogP contribution in [0.1, 0.15) is 46.7 Å². The molecule has 0 bridgehead atoms. The maximum atomic E-state index is 14.2. The van der Waals surface area contributed by atoms with E-state index in [1.165, 1.54) is 6.20 Å². The molecule has 1 saturated heterocycles. The Labute approximate surface area is 163 Å². The quantitative estimate of drug-likeness (QED) is 0.694. The predicted octanol–water partition coefficient (Wildman–Crippen LogP) is 1.33. The number of fused-ring (bicyclic) bond motifs is 1. The van der Waals surface area contributed by atoms with E-state index in [0.717, 1.165) is 28.4 Å². The number of halogens is 1. The highest BCUT2D eigenvalue weighted by Gasteiger charge is 2.43. The van der Waals surface area contributed by atoms with Crippen LogP contribution in [0.5, 0.6) is 0 Å². The van der Waals surface area contributed by atoms with Crippen molar-refractivity contribution in [3.05, 3.63) is 59.1 Å². The van der Waals surface area contributed by atoms with Crippen LogP contribution < -0.4 is 10.6 Å². The Morgan fingerprint density at radius 3 is 2.76 bits per heavy atom. The highest BCUT2D eigenvalue weighted by atomic mass is 19.1. The first-order chi connectivity index (χ1) is 14.0. The van der Waals surface area contributed by atoms with Crippen LogP contribution in [0.3, 0.4) is 0 Å². The molecule has 1 saturated carbocycles. The van der Waals surface area contributed by atoms with Crippen LogP contribution in [0.2, 0.25) is 0 Å². The second-order valence-electron chi connectivity index (χ2n) is 7.12. The number of imidazole rings is 1. The molecule has 5 rings (SSSR count). The fourth-order valence-electron chi connectivity index (χ4n) is 3.75. The van der Waals surface area contributed by atoms with Crippen molar-refractivity contribution in [2.24, 2.45) is 0 Å². The molecule has 3 atom stereocenters. The van der Waals surface area contributed by atoms with Gasteiger partial charge in [-0.15, -0.1) is 0 Å². The molecule has 1 unspecified atom stereocenters. The second-order valence-corrected chi connectivity index (χ2v) is 7.12. The van der Waals surface area contributed by atoms with Gasteiger partial charge in [-0.3, -0.25) is 15.1 Å². The maximum absolute atomic E-state index is 14.2. The SMILES string of the molecule is N#Cc1ccc([C@H]2C[C@@H]2c2cc(C3CNC(=O)NC3=O)nn3c(F)cnc23)nc1. The summed E-state index contributed by atoms with van der Waals surface area (Å²) in [5.41, 5.74) is 2.87. The van der Waals surface area contributed by atoms with Crippen molar-refractivity contribution in [2.75, 3.05) is 6.54 Å². The zero-order chi connectivity index (χ0) is 20.1. The summed E-state index contributed by atoms with van der Waals surface area (Å²) in [6.07, 6.45) is 3.41. The molecule has 0 spiro atoms. The average Bonchev–Trinajstić information content (AvgIpc) is 3.44. The lowest BCUT2D eigenvalue weighted by molar-refractivity contribution is -0.122. The number of amides is 3. The fraction of sp³-hybridized carbons (Fsp3) is 0.263. The van der Waals surface area contributed by atoms with E-state index in [0.29, 0.717) is 16.9 Å². The van der Waals surface area contributed by atoms with Gasteiger partial charge < -0.3 is 5.32 Å². The summed E-state index contributed by atoms with van der Waals surface area (Å²) >= 11 is 0. The van der Waals surface area contributed by atoms with Gasteiger partial charge in [-0.25, -0.2) is 9.78 Å². The number of imide groups is 1. The smallest absolute Gasteiger partial charge is 0.321 e. The first kappa shape index (κ1) is 17.2. The fourth-order valence-corrected chi connectivity index (χ4v) is 3.75. The number of nitrogens with one attached hydrogen (secondary N) is 2. The zero-order valence-electron chi connectivity index (χ0n) is 15.0. The molecule has 1 aliphatic heterocycles. The van der Waals surface area contributed by atoms with E-state index < -0.39 is 23.8 Å². The van der Waals surface area contributed by atoms with E-state index >= 15 is 0 Å². The molecule has 10 heteroatoms. The first-order valence-corrected chi connectivity index (χ1v) is 9.04. The molecule has 9 nitrogen and oxygen atoms in total. The van der Waals surface area contributed by atoms with E-state index in [1.807, 2.05) is 12.1 Å². The number of rotatable bonds is 3. The number of urea groups is 1. The van der Waals surface area contributed by atoms with Crippen LogP contribution in [0.15, 0.2) is 30.6 Å². The van der Waals surface area contributed by atoms with Crippen molar-refractivity contribution in [1.29, 1.82) is 5.26 Å². The van der Waals surface area contributed by atoms with Gasteiger partial charge in [0.2, 0.25) is 11.9 Å². The van der Waals surface area contributed by atoms with Gasteiger partial charge in [0.05, 0.1) is 23.4 Å². The van der Waals surface area contributed by atoms with E-state index in [4.69, 9.17) is 5.26 Å². The molecule has 29 heavy (non-hydrogen) atoms. The zero-order valence-corrected chi connectivity index (χ0v) is 15.0. The third-order valence-electron chi connectivity index (χ3n) is 5.34. The van der Waals surface area contributed by atoms with Crippen LogP contribution in [0.4, 0.5) is 9.18 Å². The number of nitrogens with zero attached hydrogens (tertiary/aromatic N) is 5. The highest BCUT2D eigenvalue weighted by Crippen LogP contribution is 2.55. The predicted molar refractivity (Wildman–Crippen MR) is 96.3 cm³/mol. The van der Waals surface area contributed by atoms with Crippen molar-refractivity contribution in [3.63, 3.8) is 0 Å². The third kappa shape index (κ3) is 2.87. The number of pyridine rings is 1. The maximum Gasteiger partial charge on any atom is 0.321 e. The van der Waals surface area contributed by atoms with Crippen molar-refractivity contribution in [2.45, 2.75) is 24.2 Å². The van der Waals surface area contributed by atoms with E-state index in [9.17, 15) is 14.0 Å². The van der Waals surface area contributed by atoms with Crippen molar-refractivity contribution < 1.29 is 14.0 Å². The molecule has 1 aliphatic carbocycles. The molecular weight excluding hydrogens is 377 g/mol. The molecule has 2 N–H and O–H groups in total. The van der Waals surface area contributed by atoms with Gasteiger partial charge in [0.1, 0.15) is 6.07 Å². The monoisotopic (exact) mass is 391 g/mol. The number of hydrogen-bond acceptors (Lipinski definition) is 6. The average molecular weight is 391 g/mol. The van der Waals surface area contributed by atoms with Crippen LogP contribution >= 0.6 is 0 Å². The Kier molecular flexibility index (Phi) is 3.77. The van der Waals surface area contributed by atoms with Crippen LogP contribution in [-0.2, 0) is 4.79 Å². The van der Waals surface area contributed by atoms with Gasteiger partial charge in [-0.05, 0) is 30.5 Å². The Bertz CT molecular complexity index is 1200. The molecule has 3 amide bonds. The van der Waals surface area contributed by atoms with Gasteiger partial charge >= 0.3 is 6.03 Å². The molecule has 0 aromatic carbocycles. The molecule has 0 radical (unpaired) electrons. The lowest BCUT2D eigenvalue weighted by atomic mass is 9.99. The summed E-state index contributed by atoms with van der Waals surface area (Å²) in [5, 5.41) is 17.9.